The van der Waals surface area contributed by atoms with Crippen LogP contribution in [0.5, 0.6) is 0 Å². The fourth-order valence-electron chi connectivity index (χ4n) is 2.64. The van der Waals surface area contributed by atoms with Gasteiger partial charge in [-0.05, 0) is 23.3 Å². The van der Waals surface area contributed by atoms with Gasteiger partial charge in [-0.25, -0.2) is 4.79 Å². The van der Waals surface area contributed by atoms with E-state index in [1.54, 1.807) is 0 Å². The summed E-state index contributed by atoms with van der Waals surface area (Å²) in [6.45, 7) is -0.152. The van der Waals surface area contributed by atoms with Crippen LogP contribution in [0.15, 0.2) is 48.5 Å². The highest BCUT2D eigenvalue weighted by Gasteiger charge is 2.29. The van der Waals surface area contributed by atoms with Crippen LogP contribution in [0.1, 0.15) is 27.6 Å². The number of hydrogen-bond acceptors (Lipinski definition) is 6. The molecule has 0 saturated heterocycles. The number of nitrogens with one attached hydrogen (secondary N) is 2. The van der Waals surface area contributed by atoms with Crippen LogP contribution >= 0.6 is 0 Å². The largest absolute Gasteiger partial charge is 0.445 e. The molecule has 0 fully saturated rings. The lowest BCUT2D eigenvalue weighted by Crippen LogP contribution is -2.35. The van der Waals surface area contributed by atoms with Gasteiger partial charge in [0, 0.05) is 6.54 Å². The maximum Gasteiger partial charge on any atom is 0.407 e. The Hall–Kier alpha value is -3.23. The molecule has 1 heterocycles. The van der Waals surface area contributed by atoms with E-state index in [4.69, 9.17) is 4.74 Å². The minimum absolute atomic E-state index is 0.0872. The number of anilines is 1. The topological polar surface area (TPSA) is 125 Å². The van der Waals surface area contributed by atoms with Crippen molar-refractivity contribution >= 4 is 23.5 Å². The monoisotopic (exact) mass is 370 g/mol. The molecule has 0 spiro atoms. The van der Waals surface area contributed by atoms with Gasteiger partial charge in [0.2, 0.25) is 0 Å². The summed E-state index contributed by atoms with van der Waals surface area (Å²) in [5.41, 5.74) is 1.62. The van der Waals surface area contributed by atoms with Crippen LogP contribution in [0.25, 0.3) is 0 Å². The molecule has 8 heteroatoms. The highest BCUT2D eigenvalue weighted by Crippen LogP contribution is 2.27. The van der Waals surface area contributed by atoms with Crippen molar-refractivity contribution in [2.75, 3.05) is 11.9 Å². The maximum atomic E-state index is 11.7. The third kappa shape index (κ3) is 4.30. The number of hydrogen-bond donors (Lipinski definition) is 4. The van der Waals surface area contributed by atoms with Crippen LogP contribution < -0.4 is 10.6 Å². The second-order valence-electron chi connectivity index (χ2n) is 6.04. The van der Waals surface area contributed by atoms with Gasteiger partial charge in [-0.2, -0.15) is 0 Å². The molecular formula is C19H18N2O6. The first-order valence-electron chi connectivity index (χ1n) is 8.26. The van der Waals surface area contributed by atoms with Crippen molar-refractivity contribution < 1.29 is 29.3 Å². The SMILES string of the molecule is O=C(NCC(O)C(O)c1ccc2c(c1)NC(=O)C2=O)OCc1ccccc1. The molecule has 4 N–H and O–H groups in total. The zero-order chi connectivity index (χ0) is 19.4. The number of aliphatic hydroxyl groups is 2. The van der Waals surface area contributed by atoms with E-state index in [-0.39, 0.29) is 24.4 Å². The number of benzene rings is 2. The molecule has 0 aliphatic carbocycles. The van der Waals surface area contributed by atoms with Gasteiger partial charge in [-0.15, -0.1) is 0 Å². The number of carbonyl (C=O) groups excluding carboxylic acids is 3. The van der Waals surface area contributed by atoms with E-state index in [0.717, 1.165) is 5.56 Å². The predicted molar refractivity (Wildman–Crippen MR) is 95.0 cm³/mol. The van der Waals surface area contributed by atoms with E-state index >= 15 is 0 Å². The standard InChI is InChI=1S/C19H18N2O6/c22-15(9-20-19(26)27-10-11-4-2-1-3-5-11)16(23)12-6-7-13-14(8-12)21-18(25)17(13)24/h1-8,15-16,22-23H,9-10H2,(H,20,26)(H,21,24,25). The second-order valence-corrected chi connectivity index (χ2v) is 6.04. The number of Topliss-reactive ketones (excluding diaryl/α,β-unsaturated/α-hetero) is 1. The van der Waals surface area contributed by atoms with Gasteiger partial charge in [0.25, 0.3) is 11.7 Å². The molecule has 27 heavy (non-hydrogen) atoms. The molecule has 2 aromatic carbocycles. The van der Waals surface area contributed by atoms with Gasteiger partial charge in [-0.3, -0.25) is 9.59 Å². The van der Waals surface area contributed by atoms with Gasteiger partial charge in [0.05, 0.1) is 11.3 Å². The zero-order valence-electron chi connectivity index (χ0n) is 14.2. The average molecular weight is 370 g/mol. The summed E-state index contributed by atoms with van der Waals surface area (Å²) in [7, 11) is 0. The lowest BCUT2D eigenvalue weighted by Gasteiger charge is -2.19. The van der Waals surface area contributed by atoms with Gasteiger partial charge < -0.3 is 25.6 Å². The molecule has 2 unspecified atom stereocenters. The Morgan fingerprint density at radius 1 is 1.11 bits per heavy atom. The Morgan fingerprint density at radius 2 is 1.85 bits per heavy atom. The van der Waals surface area contributed by atoms with Crippen LogP contribution in [0.4, 0.5) is 10.5 Å². The van der Waals surface area contributed by atoms with Crippen molar-refractivity contribution in [3.8, 4) is 0 Å². The van der Waals surface area contributed by atoms with Gasteiger partial charge >= 0.3 is 6.09 Å². The number of aliphatic hydroxyl groups excluding tert-OH is 2. The molecule has 2 aromatic rings. The summed E-state index contributed by atoms with van der Waals surface area (Å²) in [5, 5.41) is 25.1. The zero-order valence-corrected chi connectivity index (χ0v) is 14.2. The summed E-state index contributed by atoms with van der Waals surface area (Å²) < 4.78 is 5.02. The quantitative estimate of drug-likeness (QED) is 0.565. The molecule has 1 aliphatic heterocycles. The molecule has 1 aliphatic rings. The molecule has 8 nitrogen and oxygen atoms in total. The summed E-state index contributed by atoms with van der Waals surface area (Å²) in [6.07, 6.45) is -3.35. The number of carbonyl (C=O) groups is 3. The number of ether oxygens (including phenoxy) is 1. The summed E-state index contributed by atoms with van der Waals surface area (Å²) in [6, 6.07) is 13.4. The van der Waals surface area contributed by atoms with E-state index in [2.05, 4.69) is 10.6 Å². The van der Waals surface area contributed by atoms with Crippen LogP contribution in [0.3, 0.4) is 0 Å². The van der Waals surface area contributed by atoms with Crippen molar-refractivity contribution in [1.29, 1.82) is 0 Å². The average Bonchev–Trinajstić information content (AvgIpc) is 2.98. The van der Waals surface area contributed by atoms with Crippen molar-refractivity contribution in [2.45, 2.75) is 18.8 Å². The van der Waals surface area contributed by atoms with Crippen molar-refractivity contribution in [1.82, 2.24) is 5.32 Å². The van der Waals surface area contributed by atoms with E-state index in [1.807, 2.05) is 30.3 Å². The van der Waals surface area contributed by atoms with Gasteiger partial charge in [-0.1, -0.05) is 36.4 Å². The van der Waals surface area contributed by atoms with Crippen LogP contribution in [0.2, 0.25) is 0 Å². The number of alkyl carbamates (subject to hydrolysis) is 1. The second kappa shape index (κ2) is 7.98. The Kier molecular flexibility index (Phi) is 5.49. The maximum absolute atomic E-state index is 11.7. The molecule has 0 saturated carbocycles. The van der Waals surface area contributed by atoms with Gasteiger partial charge in [0.1, 0.15) is 18.8 Å². The normalized spacial score (nSPS) is 14.9. The highest BCUT2D eigenvalue weighted by atomic mass is 16.5. The Balaban J connectivity index is 1.51. The van der Waals surface area contributed by atoms with Crippen LogP contribution in [-0.4, -0.2) is 40.6 Å². The first kappa shape index (κ1) is 18.6. The number of ketones is 1. The minimum atomic E-state index is -1.32. The fraction of sp³-hybridized carbons (Fsp3) is 0.211. The Labute approximate surface area is 154 Å². The third-order valence-corrected chi connectivity index (χ3v) is 4.12. The molecule has 140 valence electrons. The first-order chi connectivity index (χ1) is 13.0. The van der Waals surface area contributed by atoms with Crippen molar-refractivity contribution in [2.24, 2.45) is 0 Å². The number of rotatable bonds is 6. The summed E-state index contributed by atoms with van der Waals surface area (Å²) in [5.74, 6) is -1.38. The molecule has 0 aromatic heterocycles. The predicted octanol–water partition coefficient (Wildman–Crippen LogP) is 1.14. The lowest BCUT2D eigenvalue weighted by atomic mass is 10.0. The fourth-order valence-corrected chi connectivity index (χ4v) is 2.64. The van der Waals surface area contributed by atoms with E-state index < -0.39 is 30.0 Å². The molecule has 0 radical (unpaired) electrons. The third-order valence-electron chi connectivity index (χ3n) is 4.12. The number of fused-ring (bicyclic) bond motifs is 1. The first-order valence-corrected chi connectivity index (χ1v) is 8.26. The summed E-state index contributed by atoms with van der Waals surface area (Å²) in [4.78, 5) is 34.6. The highest BCUT2D eigenvalue weighted by molar-refractivity contribution is 6.51. The van der Waals surface area contributed by atoms with E-state index in [0.29, 0.717) is 5.56 Å². The number of amides is 2. The van der Waals surface area contributed by atoms with Crippen LogP contribution in [0, 0.1) is 0 Å². The molecule has 2 atom stereocenters. The smallest absolute Gasteiger partial charge is 0.407 e. The van der Waals surface area contributed by atoms with E-state index in [9.17, 15) is 24.6 Å². The lowest BCUT2D eigenvalue weighted by molar-refractivity contribution is -0.112. The Bertz CT molecular complexity index is 868. The van der Waals surface area contributed by atoms with Crippen molar-refractivity contribution in [3.05, 3.63) is 65.2 Å². The Morgan fingerprint density at radius 3 is 2.59 bits per heavy atom. The minimum Gasteiger partial charge on any atom is -0.445 e. The molecule has 0 bridgehead atoms. The molecule has 3 rings (SSSR count). The summed E-state index contributed by atoms with van der Waals surface area (Å²) >= 11 is 0. The van der Waals surface area contributed by atoms with E-state index in [1.165, 1.54) is 18.2 Å². The molecular weight excluding hydrogens is 352 g/mol. The van der Waals surface area contributed by atoms with Crippen molar-refractivity contribution in [3.63, 3.8) is 0 Å². The molecule has 2 amide bonds. The van der Waals surface area contributed by atoms with Gasteiger partial charge in [0.15, 0.2) is 0 Å². The van der Waals surface area contributed by atoms with Crippen LogP contribution in [-0.2, 0) is 16.1 Å².